The highest BCUT2D eigenvalue weighted by Gasteiger charge is 2.55. The van der Waals surface area contributed by atoms with Crippen LogP contribution < -0.4 is 19.9 Å². The summed E-state index contributed by atoms with van der Waals surface area (Å²) in [6, 6.07) is 11.3. The number of halogens is 1. The molecule has 0 spiro atoms. The normalized spacial score (nSPS) is 31.3. The molecule has 1 aliphatic heterocycles. The van der Waals surface area contributed by atoms with Crippen LogP contribution in [0.2, 0.25) is 5.02 Å². The van der Waals surface area contributed by atoms with E-state index in [-0.39, 0.29) is 18.0 Å². The first kappa shape index (κ1) is 26.2. The summed E-state index contributed by atoms with van der Waals surface area (Å²) in [6.07, 6.45) is 4.72. The lowest BCUT2D eigenvalue weighted by molar-refractivity contribution is -0.139. The molecule has 4 aliphatic carbocycles. The average Bonchev–Trinajstić information content (AvgIpc) is 2.89. The Morgan fingerprint density at radius 2 is 1.92 bits per heavy atom. The van der Waals surface area contributed by atoms with Gasteiger partial charge in [-0.2, -0.15) is 0 Å². The quantitative estimate of drug-likeness (QED) is 0.476. The van der Waals surface area contributed by atoms with Crippen molar-refractivity contribution in [3.05, 3.63) is 47.1 Å². The molecule has 0 unspecified atom stereocenters. The van der Waals surface area contributed by atoms with Crippen molar-refractivity contribution >= 4 is 35.0 Å². The van der Waals surface area contributed by atoms with Gasteiger partial charge in [-0.3, -0.25) is 4.79 Å². The van der Waals surface area contributed by atoms with E-state index >= 15 is 0 Å². The molecule has 3 N–H and O–H groups in total. The van der Waals surface area contributed by atoms with Crippen LogP contribution in [0, 0.1) is 17.8 Å². The fraction of sp³-hybridized carbons (Fsp3) is 0.552. The van der Waals surface area contributed by atoms with Crippen LogP contribution in [0.3, 0.4) is 0 Å². The summed E-state index contributed by atoms with van der Waals surface area (Å²) in [5, 5.41) is 23.4. The monoisotopic (exact) mass is 554 g/mol. The van der Waals surface area contributed by atoms with Crippen LogP contribution in [0.15, 0.2) is 36.4 Å². The molecule has 10 heteroatoms. The van der Waals surface area contributed by atoms with E-state index in [1.807, 2.05) is 18.2 Å². The van der Waals surface area contributed by atoms with E-state index < -0.39 is 18.2 Å². The molecule has 1 saturated heterocycles. The van der Waals surface area contributed by atoms with Gasteiger partial charge in [-0.25, -0.2) is 9.78 Å². The lowest BCUT2D eigenvalue weighted by atomic mass is 9.52. The van der Waals surface area contributed by atoms with Gasteiger partial charge in [0, 0.05) is 37.4 Å². The highest BCUT2D eigenvalue weighted by atomic mass is 35.5. The number of hydrogen-bond donors (Lipinski definition) is 3. The molecule has 1 aromatic heterocycles. The Labute approximate surface area is 233 Å². The average molecular weight is 555 g/mol. The van der Waals surface area contributed by atoms with Crippen LogP contribution in [-0.4, -0.2) is 71.0 Å². The van der Waals surface area contributed by atoms with Crippen LogP contribution in [0.5, 0.6) is 5.75 Å². The zero-order valence-corrected chi connectivity index (χ0v) is 22.8. The minimum Gasteiger partial charge on any atom is -0.480 e. The van der Waals surface area contributed by atoms with Crippen molar-refractivity contribution < 1.29 is 24.5 Å². The number of aliphatic carboxylic acids is 1. The van der Waals surface area contributed by atoms with Crippen molar-refractivity contribution in [1.82, 2.24) is 10.3 Å². The minimum atomic E-state index is -1.05. The minimum absolute atomic E-state index is 0.120. The van der Waals surface area contributed by atoms with Crippen molar-refractivity contribution in [2.45, 2.75) is 56.7 Å². The molecule has 7 rings (SSSR count). The zero-order chi connectivity index (χ0) is 27.3. The number of benzene rings is 1. The predicted octanol–water partition coefficient (Wildman–Crippen LogP) is 3.58. The van der Waals surface area contributed by atoms with E-state index in [2.05, 4.69) is 22.0 Å². The Hall–Kier alpha value is -3.04. The summed E-state index contributed by atoms with van der Waals surface area (Å²) in [4.78, 5) is 33.3. The smallest absolute Gasteiger partial charge is 0.341 e. The van der Waals surface area contributed by atoms with Crippen LogP contribution in [-0.2, 0) is 4.79 Å². The van der Waals surface area contributed by atoms with Gasteiger partial charge in [-0.15, -0.1) is 0 Å². The Morgan fingerprint density at radius 1 is 1.15 bits per heavy atom. The number of nitrogens with zero attached hydrogens (tertiary/aromatic N) is 3. The molecule has 1 amide bonds. The molecule has 9 nitrogen and oxygen atoms in total. The predicted molar refractivity (Wildman–Crippen MR) is 148 cm³/mol. The molecule has 0 radical (unpaired) electrons. The van der Waals surface area contributed by atoms with Gasteiger partial charge in [-0.05, 0) is 87.1 Å². The highest BCUT2D eigenvalue weighted by Crippen LogP contribution is 2.55. The lowest BCUT2D eigenvalue weighted by Gasteiger charge is -2.58. The van der Waals surface area contributed by atoms with E-state index in [1.54, 1.807) is 18.2 Å². The molecular formula is C29H35ClN4O5. The van der Waals surface area contributed by atoms with Gasteiger partial charge in [-0.1, -0.05) is 17.7 Å². The molecule has 1 aromatic carbocycles. The molecule has 4 saturated carbocycles. The summed E-state index contributed by atoms with van der Waals surface area (Å²) in [6.45, 7) is 3.89. The number of ether oxygens (including phenoxy) is 1. The number of carbonyl (C=O) groups is 2. The standard InChI is InChI=1S/C29H35ClN4O5/c1-17-15-33(21-5-6-24(22(30)11-21)39-16-26(35)36)7-8-34(17)25-4-2-3-23(31-25)28(37)32-27-19-9-18-10-20(27)14-29(38,12-18)13-19/h2-6,11,17-20,27,38H,7-10,12-16H2,1H3,(H,32,37)(H,35,36)/t17-,18?,19-,20-,27?,29?/m1/s1. The third kappa shape index (κ3) is 5.26. The van der Waals surface area contributed by atoms with E-state index in [0.717, 1.165) is 63.2 Å². The van der Waals surface area contributed by atoms with Gasteiger partial charge in [0.1, 0.15) is 17.3 Å². The fourth-order valence-corrected chi connectivity index (χ4v) is 7.86. The molecular weight excluding hydrogens is 520 g/mol. The van der Waals surface area contributed by atoms with E-state index in [0.29, 0.717) is 34.2 Å². The van der Waals surface area contributed by atoms with Gasteiger partial charge in [0.2, 0.25) is 0 Å². The van der Waals surface area contributed by atoms with Crippen molar-refractivity contribution in [2.24, 2.45) is 17.8 Å². The topological polar surface area (TPSA) is 115 Å². The SMILES string of the molecule is C[C@@H]1CN(c2ccc(OCC(=O)O)c(Cl)c2)CCN1c1cccc(C(=O)NC2[C@@H]3CC4C[C@@H]2CC(O)(C4)C3)n1. The van der Waals surface area contributed by atoms with E-state index in [4.69, 9.17) is 26.4 Å². The van der Waals surface area contributed by atoms with Crippen molar-refractivity contribution in [1.29, 1.82) is 0 Å². The zero-order valence-electron chi connectivity index (χ0n) is 22.1. The summed E-state index contributed by atoms with van der Waals surface area (Å²) < 4.78 is 5.24. The lowest BCUT2D eigenvalue weighted by Crippen LogP contribution is -2.61. The van der Waals surface area contributed by atoms with Crippen LogP contribution in [0.1, 0.15) is 49.5 Å². The Morgan fingerprint density at radius 3 is 2.59 bits per heavy atom. The number of nitrogens with one attached hydrogen (secondary N) is 1. The summed E-state index contributed by atoms with van der Waals surface area (Å²) in [5.41, 5.74) is 0.851. The second-order valence-electron chi connectivity index (χ2n) is 11.9. The van der Waals surface area contributed by atoms with Gasteiger partial charge < -0.3 is 30.1 Å². The summed E-state index contributed by atoms with van der Waals surface area (Å²) in [5.74, 6) is 1.25. The first-order valence-electron chi connectivity index (χ1n) is 13.8. The van der Waals surface area contributed by atoms with Crippen molar-refractivity contribution in [3.8, 4) is 5.75 Å². The maximum atomic E-state index is 13.3. The highest BCUT2D eigenvalue weighted by molar-refractivity contribution is 6.32. The van der Waals surface area contributed by atoms with Gasteiger partial charge in [0.05, 0.1) is 10.6 Å². The van der Waals surface area contributed by atoms with Gasteiger partial charge in [0.25, 0.3) is 5.91 Å². The number of aliphatic hydroxyl groups is 1. The van der Waals surface area contributed by atoms with Crippen molar-refractivity contribution in [2.75, 3.05) is 36.0 Å². The molecule has 5 fully saturated rings. The Balaban J connectivity index is 1.09. The molecule has 39 heavy (non-hydrogen) atoms. The second kappa shape index (κ2) is 10.2. The van der Waals surface area contributed by atoms with Gasteiger partial charge in [0.15, 0.2) is 6.61 Å². The van der Waals surface area contributed by atoms with Crippen molar-refractivity contribution in [3.63, 3.8) is 0 Å². The maximum absolute atomic E-state index is 13.3. The number of piperazine rings is 1. The molecule has 3 atom stereocenters. The number of anilines is 2. The number of carboxylic acids is 1. The molecule has 4 bridgehead atoms. The maximum Gasteiger partial charge on any atom is 0.341 e. The fourth-order valence-electron chi connectivity index (χ4n) is 7.63. The first-order chi connectivity index (χ1) is 18.7. The number of pyridine rings is 1. The van der Waals surface area contributed by atoms with Crippen LogP contribution in [0.4, 0.5) is 11.5 Å². The van der Waals surface area contributed by atoms with E-state index in [1.165, 1.54) is 0 Å². The second-order valence-corrected chi connectivity index (χ2v) is 12.3. The van der Waals surface area contributed by atoms with Gasteiger partial charge >= 0.3 is 5.97 Å². The third-order valence-electron chi connectivity index (χ3n) is 9.06. The largest absolute Gasteiger partial charge is 0.480 e. The van der Waals surface area contributed by atoms with Crippen LogP contribution in [0.25, 0.3) is 0 Å². The summed E-state index contributed by atoms with van der Waals surface area (Å²) >= 11 is 6.34. The molecule has 2 heterocycles. The van der Waals surface area contributed by atoms with E-state index in [9.17, 15) is 14.7 Å². The number of aromatic nitrogens is 1. The number of hydrogen-bond acceptors (Lipinski definition) is 7. The number of amides is 1. The Kier molecular flexibility index (Phi) is 6.83. The number of carboxylic acid groups (broad SMARTS) is 1. The Bertz CT molecular complexity index is 1260. The summed E-state index contributed by atoms with van der Waals surface area (Å²) in [7, 11) is 0. The third-order valence-corrected chi connectivity index (χ3v) is 9.35. The molecule has 2 aromatic rings. The molecule has 5 aliphatic rings. The number of carbonyl (C=O) groups excluding carboxylic acids is 1. The molecule has 208 valence electrons. The van der Waals surface area contributed by atoms with Crippen LogP contribution >= 0.6 is 11.6 Å². The first-order valence-corrected chi connectivity index (χ1v) is 14.2. The number of rotatable bonds is 7.